The van der Waals surface area contributed by atoms with Gasteiger partial charge in [-0.2, -0.15) is 0 Å². The molecule has 1 aliphatic rings. The van der Waals surface area contributed by atoms with Crippen LogP contribution in [0.2, 0.25) is 0 Å². The van der Waals surface area contributed by atoms with Gasteiger partial charge >= 0.3 is 5.97 Å². The minimum Gasteiger partial charge on any atom is -0.481 e. The number of aliphatic carboxylic acids is 1. The fourth-order valence-electron chi connectivity index (χ4n) is 2.85. The lowest BCUT2D eigenvalue weighted by molar-refractivity contribution is -0.143. The highest BCUT2D eigenvalue weighted by molar-refractivity contribution is 5.70. The minimum absolute atomic E-state index is 0.127. The van der Waals surface area contributed by atoms with E-state index in [2.05, 4.69) is 11.9 Å². The Hall–Kier alpha value is -1.29. The Labute approximate surface area is 114 Å². The maximum absolute atomic E-state index is 10.9. The molecule has 2 rings (SSSR count). The first-order chi connectivity index (χ1) is 9.06. The molecule has 0 saturated heterocycles. The second kappa shape index (κ2) is 6.24. The molecule has 0 spiro atoms. The van der Waals surface area contributed by atoms with Crippen LogP contribution < -0.4 is 0 Å². The van der Waals surface area contributed by atoms with Crippen molar-refractivity contribution in [1.82, 2.24) is 4.90 Å². The molecule has 0 bridgehead atoms. The molecule has 4 heteroatoms. The lowest BCUT2D eigenvalue weighted by atomic mass is 9.85. The maximum Gasteiger partial charge on any atom is 0.306 e. The summed E-state index contributed by atoms with van der Waals surface area (Å²) in [4.78, 5) is 13.3. The first-order valence-corrected chi connectivity index (χ1v) is 7.04. The van der Waals surface area contributed by atoms with Crippen LogP contribution in [0, 0.1) is 12.8 Å². The zero-order valence-electron chi connectivity index (χ0n) is 11.8. The van der Waals surface area contributed by atoms with Gasteiger partial charge in [0, 0.05) is 19.0 Å². The number of hydrogen-bond donors (Lipinski definition) is 1. The summed E-state index contributed by atoms with van der Waals surface area (Å²) in [6.45, 7) is 2.93. The van der Waals surface area contributed by atoms with E-state index in [0.29, 0.717) is 6.04 Å². The SMILES string of the molecule is Cc1ccc(CCN(C)C2CCC(C(=O)O)CC2)o1. The lowest BCUT2D eigenvalue weighted by Gasteiger charge is -2.33. The highest BCUT2D eigenvalue weighted by Gasteiger charge is 2.27. The minimum atomic E-state index is -0.632. The Morgan fingerprint density at radius 1 is 1.37 bits per heavy atom. The largest absolute Gasteiger partial charge is 0.481 e. The standard InChI is InChI=1S/C15H23NO3/c1-11-3-8-14(19-11)9-10-16(2)13-6-4-12(5-7-13)15(17)18/h3,8,12-13H,4-7,9-10H2,1-2H3,(H,17,18). The quantitative estimate of drug-likeness (QED) is 0.889. The fourth-order valence-corrected chi connectivity index (χ4v) is 2.85. The molecular weight excluding hydrogens is 242 g/mol. The Kier molecular flexibility index (Phi) is 4.64. The van der Waals surface area contributed by atoms with Crippen molar-refractivity contribution >= 4 is 5.97 Å². The van der Waals surface area contributed by atoms with Crippen molar-refractivity contribution in [3.63, 3.8) is 0 Å². The van der Waals surface area contributed by atoms with Gasteiger partial charge in [-0.1, -0.05) is 0 Å². The molecule has 4 nitrogen and oxygen atoms in total. The van der Waals surface area contributed by atoms with Gasteiger partial charge in [-0.15, -0.1) is 0 Å². The van der Waals surface area contributed by atoms with E-state index in [-0.39, 0.29) is 5.92 Å². The van der Waals surface area contributed by atoms with Crippen molar-refractivity contribution in [3.05, 3.63) is 23.7 Å². The van der Waals surface area contributed by atoms with Gasteiger partial charge < -0.3 is 14.4 Å². The number of hydrogen-bond acceptors (Lipinski definition) is 3. The molecule has 106 valence electrons. The van der Waals surface area contributed by atoms with Crippen molar-refractivity contribution in [3.8, 4) is 0 Å². The summed E-state index contributed by atoms with van der Waals surface area (Å²) in [5, 5.41) is 8.99. The molecule has 1 N–H and O–H groups in total. The van der Waals surface area contributed by atoms with Crippen LogP contribution in [0.1, 0.15) is 37.2 Å². The summed E-state index contributed by atoms with van der Waals surface area (Å²) < 4.78 is 5.57. The van der Waals surface area contributed by atoms with E-state index in [1.807, 2.05) is 19.1 Å². The van der Waals surface area contributed by atoms with Crippen LogP contribution in [0.5, 0.6) is 0 Å². The molecule has 19 heavy (non-hydrogen) atoms. The molecule has 1 aromatic heterocycles. The van der Waals surface area contributed by atoms with E-state index < -0.39 is 5.97 Å². The van der Waals surface area contributed by atoms with Crippen LogP contribution >= 0.6 is 0 Å². The highest BCUT2D eigenvalue weighted by Crippen LogP contribution is 2.27. The van der Waals surface area contributed by atoms with Crippen LogP contribution in [0.4, 0.5) is 0 Å². The van der Waals surface area contributed by atoms with Gasteiger partial charge in [-0.25, -0.2) is 0 Å². The van der Waals surface area contributed by atoms with Crippen molar-refractivity contribution in [1.29, 1.82) is 0 Å². The maximum atomic E-state index is 10.9. The number of carboxylic acid groups (broad SMARTS) is 1. The first kappa shape index (κ1) is 14.1. The first-order valence-electron chi connectivity index (χ1n) is 7.04. The van der Waals surface area contributed by atoms with Gasteiger partial charge in [-0.05, 0) is 51.8 Å². The number of carboxylic acids is 1. The summed E-state index contributed by atoms with van der Waals surface area (Å²) in [5.41, 5.74) is 0. The predicted molar refractivity (Wildman–Crippen MR) is 73.2 cm³/mol. The van der Waals surface area contributed by atoms with Crippen molar-refractivity contribution < 1.29 is 14.3 Å². The molecule has 0 radical (unpaired) electrons. The second-order valence-corrected chi connectivity index (χ2v) is 5.59. The smallest absolute Gasteiger partial charge is 0.306 e. The van der Waals surface area contributed by atoms with Gasteiger partial charge in [-0.3, -0.25) is 4.79 Å². The van der Waals surface area contributed by atoms with Crippen molar-refractivity contribution in [2.75, 3.05) is 13.6 Å². The number of carbonyl (C=O) groups is 1. The molecule has 1 heterocycles. The van der Waals surface area contributed by atoms with Crippen molar-refractivity contribution in [2.24, 2.45) is 5.92 Å². The molecule has 0 aliphatic heterocycles. The molecule has 1 aromatic rings. The van der Waals surface area contributed by atoms with E-state index in [4.69, 9.17) is 9.52 Å². The number of rotatable bonds is 5. The zero-order chi connectivity index (χ0) is 13.8. The number of furan rings is 1. The Balaban J connectivity index is 1.75. The third-order valence-corrected chi connectivity index (χ3v) is 4.18. The van der Waals surface area contributed by atoms with Crippen LogP contribution in [0.15, 0.2) is 16.5 Å². The fraction of sp³-hybridized carbons (Fsp3) is 0.667. The number of likely N-dealkylation sites (N-methyl/N-ethyl adjacent to an activating group) is 1. The normalized spacial score (nSPS) is 23.7. The molecule has 1 saturated carbocycles. The average Bonchev–Trinajstić information content (AvgIpc) is 2.82. The third-order valence-electron chi connectivity index (χ3n) is 4.18. The summed E-state index contributed by atoms with van der Waals surface area (Å²) in [6, 6.07) is 4.55. The van der Waals surface area contributed by atoms with Crippen LogP contribution in [-0.2, 0) is 11.2 Å². The van der Waals surface area contributed by atoms with Gasteiger partial charge in [0.25, 0.3) is 0 Å². The monoisotopic (exact) mass is 265 g/mol. The molecule has 0 aromatic carbocycles. The van der Waals surface area contributed by atoms with E-state index in [0.717, 1.165) is 50.2 Å². The Morgan fingerprint density at radius 2 is 2.05 bits per heavy atom. The molecule has 0 unspecified atom stereocenters. The number of nitrogens with zero attached hydrogens (tertiary/aromatic N) is 1. The van der Waals surface area contributed by atoms with Crippen molar-refractivity contribution in [2.45, 2.75) is 45.1 Å². The lowest BCUT2D eigenvalue weighted by Crippen LogP contribution is -2.37. The topological polar surface area (TPSA) is 53.7 Å². The summed E-state index contributed by atoms with van der Waals surface area (Å²) in [6.07, 6.45) is 4.52. The molecule has 1 fully saturated rings. The zero-order valence-corrected chi connectivity index (χ0v) is 11.8. The predicted octanol–water partition coefficient (Wildman–Crippen LogP) is 2.71. The Bertz CT molecular complexity index is 419. The van der Waals surface area contributed by atoms with E-state index in [9.17, 15) is 4.79 Å². The van der Waals surface area contributed by atoms with E-state index in [1.54, 1.807) is 0 Å². The summed E-state index contributed by atoms with van der Waals surface area (Å²) >= 11 is 0. The van der Waals surface area contributed by atoms with Gasteiger partial charge in [0.15, 0.2) is 0 Å². The molecule has 0 amide bonds. The van der Waals surface area contributed by atoms with Crippen LogP contribution in [0.3, 0.4) is 0 Å². The molecule has 0 atom stereocenters. The van der Waals surface area contributed by atoms with Crippen LogP contribution in [-0.4, -0.2) is 35.6 Å². The highest BCUT2D eigenvalue weighted by atomic mass is 16.4. The third kappa shape index (κ3) is 3.83. The van der Waals surface area contributed by atoms with Crippen LogP contribution in [0.25, 0.3) is 0 Å². The van der Waals surface area contributed by atoms with Gasteiger partial charge in [0.05, 0.1) is 5.92 Å². The van der Waals surface area contributed by atoms with E-state index >= 15 is 0 Å². The van der Waals surface area contributed by atoms with Gasteiger partial charge in [0.2, 0.25) is 0 Å². The van der Waals surface area contributed by atoms with Gasteiger partial charge in [0.1, 0.15) is 11.5 Å². The average molecular weight is 265 g/mol. The second-order valence-electron chi connectivity index (χ2n) is 5.59. The molecule has 1 aliphatic carbocycles. The summed E-state index contributed by atoms with van der Waals surface area (Å²) in [7, 11) is 2.13. The number of aryl methyl sites for hydroxylation is 1. The summed E-state index contributed by atoms with van der Waals surface area (Å²) in [5.74, 6) is 1.23. The van der Waals surface area contributed by atoms with E-state index in [1.165, 1.54) is 0 Å². The Morgan fingerprint density at radius 3 is 2.58 bits per heavy atom. The molecular formula is C15H23NO3.